The van der Waals surface area contributed by atoms with Gasteiger partial charge in [-0.05, 0) is 79.2 Å². The number of halogens is 2. The van der Waals surface area contributed by atoms with Crippen molar-refractivity contribution in [2.45, 2.75) is 25.8 Å². The third-order valence-corrected chi connectivity index (χ3v) is 5.61. The van der Waals surface area contributed by atoms with E-state index >= 15 is 0 Å². The number of nitrogens with zero attached hydrogens (tertiary/aromatic N) is 1. The Morgan fingerprint density at radius 3 is 2.56 bits per heavy atom. The second-order valence-corrected chi connectivity index (χ2v) is 7.67. The van der Waals surface area contributed by atoms with Crippen LogP contribution in [0.1, 0.15) is 40.4 Å². The summed E-state index contributed by atoms with van der Waals surface area (Å²) in [4.78, 5) is 14.9. The molecule has 1 heterocycles. The number of hydrogen-bond acceptors (Lipinski definition) is 2. The van der Waals surface area contributed by atoms with Crippen molar-refractivity contribution in [1.82, 2.24) is 10.2 Å². The lowest BCUT2D eigenvalue weighted by Crippen LogP contribution is -2.37. The van der Waals surface area contributed by atoms with Crippen molar-refractivity contribution in [1.29, 1.82) is 0 Å². The zero-order chi connectivity index (χ0) is 17.8. The molecule has 2 aromatic rings. The van der Waals surface area contributed by atoms with Crippen LogP contribution >= 0.6 is 22.6 Å². The quantitative estimate of drug-likeness (QED) is 0.687. The Labute approximate surface area is 161 Å². The zero-order valence-electron chi connectivity index (χ0n) is 14.3. The number of likely N-dealkylation sites (tertiary alicyclic amines) is 1. The van der Waals surface area contributed by atoms with E-state index in [1.807, 2.05) is 0 Å². The van der Waals surface area contributed by atoms with Gasteiger partial charge in [0.1, 0.15) is 5.82 Å². The van der Waals surface area contributed by atoms with Gasteiger partial charge in [0, 0.05) is 10.1 Å². The summed E-state index contributed by atoms with van der Waals surface area (Å²) in [5.74, 6) is -0.611. The van der Waals surface area contributed by atoms with Gasteiger partial charge < -0.3 is 5.32 Å². The van der Waals surface area contributed by atoms with Gasteiger partial charge >= 0.3 is 0 Å². The SMILES string of the molecule is Cc1ccc(C(CNC(=O)c2cc(F)ccc2I)N2CCCC2)cc1. The molecule has 1 fully saturated rings. The third kappa shape index (κ3) is 4.58. The van der Waals surface area contributed by atoms with Gasteiger partial charge in [-0.25, -0.2) is 4.39 Å². The molecule has 0 bridgehead atoms. The number of nitrogens with one attached hydrogen (secondary N) is 1. The molecule has 5 heteroatoms. The number of hydrogen-bond donors (Lipinski definition) is 1. The Morgan fingerprint density at radius 2 is 1.88 bits per heavy atom. The topological polar surface area (TPSA) is 32.3 Å². The molecule has 1 atom stereocenters. The largest absolute Gasteiger partial charge is 0.350 e. The first-order valence-electron chi connectivity index (χ1n) is 8.58. The van der Waals surface area contributed by atoms with E-state index in [9.17, 15) is 9.18 Å². The van der Waals surface area contributed by atoms with Gasteiger partial charge in [0.15, 0.2) is 0 Å². The molecule has 1 aliphatic heterocycles. The molecule has 0 saturated carbocycles. The van der Waals surface area contributed by atoms with Gasteiger partial charge in [-0.2, -0.15) is 0 Å². The van der Waals surface area contributed by atoms with Gasteiger partial charge in [0.2, 0.25) is 0 Å². The van der Waals surface area contributed by atoms with Crippen molar-refractivity contribution in [2.24, 2.45) is 0 Å². The number of benzene rings is 2. The summed E-state index contributed by atoms with van der Waals surface area (Å²) in [7, 11) is 0. The van der Waals surface area contributed by atoms with Crippen LogP contribution < -0.4 is 5.32 Å². The highest BCUT2D eigenvalue weighted by molar-refractivity contribution is 14.1. The van der Waals surface area contributed by atoms with Crippen LogP contribution in [-0.4, -0.2) is 30.4 Å². The molecule has 1 unspecified atom stereocenters. The van der Waals surface area contributed by atoms with E-state index in [1.54, 1.807) is 6.07 Å². The molecule has 3 nitrogen and oxygen atoms in total. The molecule has 0 aliphatic carbocycles. The second kappa shape index (κ2) is 8.27. The Kier molecular flexibility index (Phi) is 6.06. The first-order chi connectivity index (χ1) is 12.0. The van der Waals surface area contributed by atoms with Crippen LogP contribution in [0.3, 0.4) is 0 Å². The van der Waals surface area contributed by atoms with E-state index < -0.39 is 0 Å². The summed E-state index contributed by atoms with van der Waals surface area (Å²) >= 11 is 2.06. The Bertz CT molecular complexity index is 742. The van der Waals surface area contributed by atoms with E-state index in [-0.39, 0.29) is 17.8 Å². The molecule has 1 aliphatic rings. The average molecular weight is 452 g/mol. The summed E-state index contributed by atoms with van der Waals surface area (Å²) in [5.41, 5.74) is 2.83. The highest BCUT2D eigenvalue weighted by Gasteiger charge is 2.24. The number of amides is 1. The maximum Gasteiger partial charge on any atom is 0.252 e. The van der Waals surface area contributed by atoms with Crippen LogP contribution in [-0.2, 0) is 0 Å². The molecule has 2 aromatic carbocycles. The van der Waals surface area contributed by atoms with E-state index in [1.165, 1.54) is 36.1 Å². The lowest BCUT2D eigenvalue weighted by Gasteiger charge is -2.28. The molecule has 0 spiro atoms. The summed E-state index contributed by atoms with van der Waals surface area (Å²) in [5, 5.41) is 3.01. The van der Waals surface area contributed by atoms with Crippen molar-refractivity contribution in [3.05, 3.63) is 68.5 Å². The molecule has 132 valence electrons. The lowest BCUT2D eigenvalue weighted by atomic mass is 10.0. The summed E-state index contributed by atoms with van der Waals surface area (Å²) in [6, 6.07) is 12.9. The normalized spacial score (nSPS) is 16.0. The fourth-order valence-corrected chi connectivity index (χ4v) is 3.84. The molecular weight excluding hydrogens is 430 g/mol. The minimum Gasteiger partial charge on any atom is -0.350 e. The molecule has 0 aromatic heterocycles. The van der Waals surface area contributed by atoms with Crippen LogP contribution in [0.4, 0.5) is 4.39 Å². The standard InChI is InChI=1S/C20H22FIN2O/c1-14-4-6-15(7-5-14)19(24-10-2-3-11-24)13-23-20(25)17-12-16(21)8-9-18(17)22/h4-9,12,19H,2-3,10-11,13H2,1H3,(H,23,25). The fourth-order valence-electron chi connectivity index (χ4n) is 3.26. The van der Waals surface area contributed by atoms with Gasteiger partial charge in [-0.1, -0.05) is 29.8 Å². The number of aryl methyl sites for hydroxylation is 1. The fraction of sp³-hybridized carbons (Fsp3) is 0.350. The van der Waals surface area contributed by atoms with Crippen LogP contribution in [0.15, 0.2) is 42.5 Å². The van der Waals surface area contributed by atoms with Crippen LogP contribution in [0.5, 0.6) is 0 Å². The summed E-state index contributed by atoms with van der Waals surface area (Å²) in [6.45, 7) is 4.69. The van der Waals surface area contributed by atoms with Crippen molar-refractivity contribution >= 4 is 28.5 Å². The number of carbonyl (C=O) groups is 1. The van der Waals surface area contributed by atoms with E-state index in [4.69, 9.17) is 0 Å². The summed E-state index contributed by atoms with van der Waals surface area (Å²) in [6.07, 6.45) is 2.39. The molecular formula is C20H22FIN2O. The summed E-state index contributed by atoms with van der Waals surface area (Å²) < 4.78 is 14.2. The molecule has 3 rings (SSSR count). The van der Waals surface area contributed by atoms with Gasteiger partial charge in [0.25, 0.3) is 5.91 Å². The average Bonchev–Trinajstić information content (AvgIpc) is 3.13. The minimum atomic E-state index is -0.389. The third-order valence-electron chi connectivity index (χ3n) is 4.67. The maximum atomic E-state index is 13.5. The Hall–Kier alpha value is -1.47. The van der Waals surface area contributed by atoms with Crippen molar-refractivity contribution in [3.63, 3.8) is 0 Å². The zero-order valence-corrected chi connectivity index (χ0v) is 16.4. The van der Waals surface area contributed by atoms with E-state index in [0.717, 1.165) is 16.7 Å². The highest BCUT2D eigenvalue weighted by atomic mass is 127. The molecule has 25 heavy (non-hydrogen) atoms. The molecule has 1 amide bonds. The molecule has 1 saturated heterocycles. The lowest BCUT2D eigenvalue weighted by molar-refractivity contribution is 0.0936. The minimum absolute atomic E-state index is 0.151. The van der Waals surface area contributed by atoms with E-state index in [2.05, 4.69) is 64.0 Å². The number of rotatable bonds is 5. The van der Waals surface area contributed by atoms with Crippen molar-refractivity contribution < 1.29 is 9.18 Å². The van der Waals surface area contributed by atoms with Gasteiger partial charge in [-0.15, -0.1) is 0 Å². The molecule has 0 radical (unpaired) electrons. The second-order valence-electron chi connectivity index (χ2n) is 6.50. The van der Waals surface area contributed by atoms with Gasteiger partial charge in [0.05, 0.1) is 11.6 Å². The first-order valence-corrected chi connectivity index (χ1v) is 9.66. The van der Waals surface area contributed by atoms with Crippen LogP contribution in [0.25, 0.3) is 0 Å². The highest BCUT2D eigenvalue weighted by Crippen LogP contribution is 2.25. The number of carbonyl (C=O) groups excluding carboxylic acids is 1. The predicted molar refractivity (Wildman–Crippen MR) is 106 cm³/mol. The van der Waals surface area contributed by atoms with Gasteiger partial charge in [-0.3, -0.25) is 9.69 Å². The maximum absolute atomic E-state index is 13.5. The molecule has 1 N–H and O–H groups in total. The Balaban J connectivity index is 1.75. The Morgan fingerprint density at radius 1 is 1.20 bits per heavy atom. The predicted octanol–water partition coefficient (Wildman–Crippen LogP) is 4.31. The van der Waals surface area contributed by atoms with Crippen LogP contribution in [0, 0.1) is 16.3 Å². The van der Waals surface area contributed by atoms with Crippen molar-refractivity contribution in [3.8, 4) is 0 Å². The van der Waals surface area contributed by atoms with Crippen molar-refractivity contribution in [2.75, 3.05) is 19.6 Å². The smallest absolute Gasteiger partial charge is 0.252 e. The first kappa shape index (κ1) is 18.3. The van der Waals surface area contributed by atoms with Crippen LogP contribution in [0.2, 0.25) is 0 Å². The van der Waals surface area contributed by atoms with E-state index in [0.29, 0.717) is 12.1 Å². The monoisotopic (exact) mass is 452 g/mol.